The number of nitrogens with zero attached hydrogens (tertiary/aromatic N) is 5. The molecule has 0 amide bonds. The van der Waals surface area contributed by atoms with E-state index in [-0.39, 0.29) is 0 Å². The van der Waals surface area contributed by atoms with Crippen molar-refractivity contribution < 1.29 is 0 Å². The molecule has 1 fully saturated rings. The van der Waals surface area contributed by atoms with Crippen molar-refractivity contribution in [3.63, 3.8) is 0 Å². The standard InChI is InChI=1S/C10H20N6/c1-15(7-9-5-3-4-6-11-9)8-10-12-14-16(2)13-10/h9,11H,3-8H2,1-2H3. The molecule has 0 aliphatic carbocycles. The largest absolute Gasteiger partial charge is 0.313 e. The summed E-state index contributed by atoms with van der Waals surface area (Å²) in [6, 6.07) is 0.621. The average Bonchev–Trinajstić information content (AvgIpc) is 2.65. The molecule has 2 heterocycles. The first-order chi connectivity index (χ1) is 7.74. The molecule has 0 bridgehead atoms. The van der Waals surface area contributed by atoms with E-state index in [4.69, 9.17) is 0 Å². The number of piperidine rings is 1. The molecule has 0 saturated carbocycles. The Kier molecular flexibility index (Phi) is 3.84. The molecular formula is C10H20N6. The molecule has 1 aromatic rings. The van der Waals surface area contributed by atoms with E-state index in [0.717, 1.165) is 25.5 Å². The van der Waals surface area contributed by atoms with E-state index >= 15 is 0 Å². The normalized spacial score (nSPS) is 21.6. The highest BCUT2D eigenvalue weighted by Crippen LogP contribution is 2.08. The second-order valence-corrected chi connectivity index (χ2v) is 4.54. The summed E-state index contributed by atoms with van der Waals surface area (Å²) in [6.07, 6.45) is 3.93. The van der Waals surface area contributed by atoms with Crippen LogP contribution in [0.15, 0.2) is 0 Å². The summed E-state index contributed by atoms with van der Waals surface area (Å²) in [5.74, 6) is 0.792. The zero-order chi connectivity index (χ0) is 11.4. The summed E-state index contributed by atoms with van der Waals surface area (Å²) < 4.78 is 0. The Morgan fingerprint density at radius 2 is 2.38 bits per heavy atom. The molecule has 0 aromatic carbocycles. The monoisotopic (exact) mass is 224 g/mol. The summed E-state index contributed by atoms with van der Waals surface area (Å²) >= 11 is 0. The van der Waals surface area contributed by atoms with Crippen molar-refractivity contribution in [2.24, 2.45) is 7.05 Å². The van der Waals surface area contributed by atoms with E-state index in [0.29, 0.717) is 6.04 Å². The SMILES string of the molecule is CN(Cc1nnn(C)n1)CC1CCCCN1. The van der Waals surface area contributed by atoms with E-state index in [2.05, 4.69) is 32.7 Å². The predicted octanol–water partition coefficient (Wildman–Crippen LogP) is -0.216. The van der Waals surface area contributed by atoms with Crippen LogP contribution in [0.3, 0.4) is 0 Å². The van der Waals surface area contributed by atoms with Gasteiger partial charge in [0.1, 0.15) is 0 Å². The Morgan fingerprint density at radius 3 is 3.00 bits per heavy atom. The Morgan fingerprint density at radius 1 is 1.50 bits per heavy atom. The van der Waals surface area contributed by atoms with Crippen molar-refractivity contribution in [1.29, 1.82) is 0 Å². The average molecular weight is 224 g/mol. The molecule has 90 valence electrons. The molecular weight excluding hydrogens is 204 g/mol. The van der Waals surface area contributed by atoms with E-state index in [1.165, 1.54) is 24.1 Å². The van der Waals surface area contributed by atoms with Gasteiger partial charge in [-0.15, -0.1) is 10.2 Å². The van der Waals surface area contributed by atoms with Gasteiger partial charge in [-0.25, -0.2) is 0 Å². The van der Waals surface area contributed by atoms with Crippen LogP contribution in [0, 0.1) is 0 Å². The zero-order valence-corrected chi connectivity index (χ0v) is 10.1. The second kappa shape index (κ2) is 5.36. The molecule has 6 heteroatoms. The predicted molar refractivity (Wildman–Crippen MR) is 60.8 cm³/mol. The number of aryl methyl sites for hydroxylation is 1. The molecule has 1 atom stereocenters. The summed E-state index contributed by atoms with van der Waals surface area (Å²) in [6.45, 7) is 2.98. The minimum absolute atomic E-state index is 0.621. The van der Waals surface area contributed by atoms with Gasteiger partial charge in [0.15, 0.2) is 5.82 Å². The van der Waals surface area contributed by atoms with E-state index < -0.39 is 0 Å². The number of tetrazole rings is 1. The van der Waals surface area contributed by atoms with Crippen LogP contribution in [-0.4, -0.2) is 51.3 Å². The number of aromatic nitrogens is 4. The maximum Gasteiger partial charge on any atom is 0.188 e. The molecule has 0 radical (unpaired) electrons. The van der Waals surface area contributed by atoms with Gasteiger partial charge in [-0.1, -0.05) is 6.42 Å². The zero-order valence-electron chi connectivity index (χ0n) is 10.1. The summed E-state index contributed by atoms with van der Waals surface area (Å²) in [7, 11) is 3.89. The molecule has 1 saturated heterocycles. The van der Waals surface area contributed by atoms with E-state index in [1.807, 2.05) is 0 Å². The molecule has 1 aliphatic heterocycles. The first kappa shape index (κ1) is 11.5. The molecule has 1 aliphatic rings. The van der Waals surface area contributed by atoms with Crippen LogP contribution in [0.2, 0.25) is 0 Å². The minimum Gasteiger partial charge on any atom is -0.313 e. The highest BCUT2D eigenvalue weighted by molar-refractivity contribution is 4.80. The third-order valence-corrected chi connectivity index (χ3v) is 2.91. The molecule has 1 N–H and O–H groups in total. The van der Waals surface area contributed by atoms with Crippen LogP contribution < -0.4 is 5.32 Å². The van der Waals surface area contributed by atoms with Gasteiger partial charge in [0, 0.05) is 12.6 Å². The Balaban J connectivity index is 1.77. The molecule has 16 heavy (non-hydrogen) atoms. The quantitative estimate of drug-likeness (QED) is 0.766. The lowest BCUT2D eigenvalue weighted by Crippen LogP contribution is -2.42. The van der Waals surface area contributed by atoms with Crippen molar-refractivity contribution >= 4 is 0 Å². The van der Waals surface area contributed by atoms with Crippen molar-refractivity contribution in [1.82, 2.24) is 30.4 Å². The molecule has 1 aromatic heterocycles. The first-order valence-corrected chi connectivity index (χ1v) is 5.89. The third-order valence-electron chi connectivity index (χ3n) is 2.91. The smallest absolute Gasteiger partial charge is 0.188 e. The van der Waals surface area contributed by atoms with E-state index in [9.17, 15) is 0 Å². The van der Waals surface area contributed by atoms with E-state index in [1.54, 1.807) is 7.05 Å². The first-order valence-electron chi connectivity index (χ1n) is 5.89. The van der Waals surface area contributed by atoms with Crippen LogP contribution >= 0.6 is 0 Å². The van der Waals surface area contributed by atoms with Crippen LogP contribution in [-0.2, 0) is 13.6 Å². The van der Waals surface area contributed by atoms with Crippen LogP contribution in [0.1, 0.15) is 25.1 Å². The van der Waals surface area contributed by atoms with Crippen LogP contribution in [0.5, 0.6) is 0 Å². The minimum atomic E-state index is 0.621. The molecule has 2 rings (SSSR count). The molecule has 1 unspecified atom stereocenters. The molecule has 6 nitrogen and oxygen atoms in total. The fourth-order valence-electron chi connectivity index (χ4n) is 2.15. The van der Waals surface area contributed by atoms with Gasteiger partial charge in [0.05, 0.1) is 13.6 Å². The number of likely N-dealkylation sites (N-methyl/N-ethyl adjacent to an activating group) is 1. The van der Waals surface area contributed by atoms with Crippen LogP contribution in [0.25, 0.3) is 0 Å². The summed E-state index contributed by atoms with van der Waals surface area (Å²) in [4.78, 5) is 3.75. The van der Waals surface area contributed by atoms with Gasteiger partial charge < -0.3 is 5.32 Å². The van der Waals surface area contributed by atoms with Crippen molar-refractivity contribution in [3.8, 4) is 0 Å². The fourth-order valence-corrected chi connectivity index (χ4v) is 2.15. The maximum absolute atomic E-state index is 4.18. The van der Waals surface area contributed by atoms with Gasteiger partial charge in [0.2, 0.25) is 0 Å². The summed E-state index contributed by atoms with van der Waals surface area (Å²) in [5, 5.41) is 15.5. The highest BCUT2D eigenvalue weighted by Gasteiger charge is 2.15. The van der Waals surface area contributed by atoms with Crippen molar-refractivity contribution in [2.75, 3.05) is 20.1 Å². The number of rotatable bonds is 4. The third kappa shape index (κ3) is 3.24. The lowest BCUT2D eigenvalue weighted by atomic mass is 10.0. The van der Waals surface area contributed by atoms with Crippen molar-refractivity contribution in [3.05, 3.63) is 5.82 Å². The summed E-state index contributed by atoms with van der Waals surface area (Å²) in [5.41, 5.74) is 0. The number of hydrogen-bond donors (Lipinski definition) is 1. The lowest BCUT2D eigenvalue weighted by molar-refractivity contribution is 0.252. The number of hydrogen-bond acceptors (Lipinski definition) is 5. The van der Waals surface area contributed by atoms with Gasteiger partial charge in [-0.2, -0.15) is 4.80 Å². The Hall–Kier alpha value is -1.01. The highest BCUT2D eigenvalue weighted by atomic mass is 15.6. The fraction of sp³-hybridized carbons (Fsp3) is 0.900. The van der Waals surface area contributed by atoms with Gasteiger partial charge in [-0.05, 0) is 31.6 Å². The second-order valence-electron chi connectivity index (χ2n) is 4.54. The maximum atomic E-state index is 4.18. The van der Waals surface area contributed by atoms with Gasteiger partial charge in [0.25, 0.3) is 0 Å². The van der Waals surface area contributed by atoms with Crippen LogP contribution in [0.4, 0.5) is 0 Å². The lowest BCUT2D eigenvalue weighted by Gasteiger charge is -2.27. The topological polar surface area (TPSA) is 58.9 Å². The molecule has 0 spiro atoms. The van der Waals surface area contributed by atoms with Gasteiger partial charge in [-0.3, -0.25) is 4.90 Å². The Labute approximate surface area is 96.0 Å². The Bertz CT molecular complexity index is 317. The van der Waals surface area contributed by atoms with Gasteiger partial charge >= 0.3 is 0 Å². The van der Waals surface area contributed by atoms with Crippen molar-refractivity contribution in [2.45, 2.75) is 31.8 Å². The number of nitrogens with one attached hydrogen (secondary N) is 1.